The highest BCUT2D eigenvalue weighted by atomic mass is 19.1. The lowest BCUT2D eigenvalue weighted by Gasteiger charge is -2.18. The number of pyridine rings is 1. The van der Waals surface area contributed by atoms with E-state index in [-0.39, 0.29) is 11.9 Å². The van der Waals surface area contributed by atoms with Crippen LogP contribution in [0.5, 0.6) is 0 Å². The normalized spacial score (nSPS) is 12.3. The summed E-state index contributed by atoms with van der Waals surface area (Å²) in [7, 11) is 0. The fraction of sp³-hybridized carbons (Fsp3) is 0.312. The van der Waals surface area contributed by atoms with Crippen LogP contribution in [0, 0.1) is 5.82 Å². The number of hydrogen-bond donors (Lipinski definition) is 1. The molecule has 0 aliphatic carbocycles. The molecule has 1 atom stereocenters. The summed E-state index contributed by atoms with van der Waals surface area (Å²) in [5.74, 6) is -0.278. The van der Waals surface area contributed by atoms with E-state index < -0.39 is 0 Å². The minimum Gasteiger partial charge on any atom is -0.310 e. The van der Waals surface area contributed by atoms with Gasteiger partial charge in [0.2, 0.25) is 0 Å². The fourth-order valence-corrected chi connectivity index (χ4v) is 2.21. The Bertz CT molecular complexity index is 499. The van der Waals surface area contributed by atoms with E-state index in [4.69, 9.17) is 0 Å². The Morgan fingerprint density at radius 3 is 2.68 bits per heavy atom. The van der Waals surface area contributed by atoms with Crippen LogP contribution in [0.4, 0.5) is 4.39 Å². The van der Waals surface area contributed by atoms with Crippen molar-refractivity contribution in [1.82, 2.24) is 10.3 Å². The molecule has 19 heavy (non-hydrogen) atoms. The van der Waals surface area contributed by atoms with Crippen LogP contribution in [-0.4, -0.2) is 11.5 Å². The Morgan fingerprint density at radius 2 is 2.00 bits per heavy atom. The molecule has 0 spiro atoms. The highest BCUT2D eigenvalue weighted by molar-refractivity contribution is 5.18. The highest BCUT2D eigenvalue weighted by Crippen LogP contribution is 2.19. The SMILES string of the molecule is CCNC(CCc1ccccc1)c1cncc(F)c1. The molecule has 0 aliphatic heterocycles. The first-order chi connectivity index (χ1) is 9.29. The molecule has 0 fully saturated rings. The number of halogens is 1. The van der Waals surface area contributed by atoms with Crippen molar-refractivity contribution in [1.29, 1.82) is 0 Å². The van der Waals surface area contributed by atoms with Crippen LogP contribution >= 0.6 is 0 Å². The van der Waals surface area contributed by atoms with E-state index in [0.717, 1.165) is 24.9 Å². The second-order valence-electron chi connectivity index (χ2n) is 4.57. The van der Waals surface area contributed by atoms with Crippen molar-refractivity contribution in [2.45, 2.75) is 25.8 Å². The van der Waals surface area contributed by atoms with Gasteiger partial charge < -0.3 is 5.32 Å². The van der Waals surface area contributed by atoms with Gasteiger partial charge >= 0.3 is 0 Å². The van der Waals surface area contributed by atoms with Crippen molar-refractivity contribution < 1.29 is 4.39 Å². The van der Waals surface area contributed by atoms with Crippen LogP contribution in [0.2, 0.25) is 0 Å². The molecule has 100 valence electrons. The molecule has 3 heteroatoms. The van der Waals surface area contributed by atoms with Gasteiger partial charge in [-0.3, -0.25) is 4.98 Å². The Labute approximate surface area is 113 Å². The van der Waals surface area contributed by atoms with Crippen LogP contribution < -0.4 is 5.32 Å². The van der Waals surface area contributed by atoms with E-state index >= 15 is 0 Å². The van der Waals surface area contributed by atoms with Gasteiger partial charge in [0.05, 0.1) is 6.20 Å². The molecular formula is C16H19FN2. The van der Waals surface area contributed by atoms with Gasteiger partial charge in [-0.2, -0.15) is 0 Å². The largest absolute Gasteiger partial charge is 0.310 e. The van der Waals surface area contributed by atoms with Gasteiger partial charge in [0.25, 0.3) is 0 Å². The van der Waals surface area contributed by atoms with Gasteiger partial charge in [0, 0.05) is 12.2 Å². The molecule has 0 saturated carbocycles. The molecule has 1 aromatic heterocycles. The van der Waals surface area contributed by atoms with Gasteiger partial charge in [-0.05, 0) is 36.6 Å². The lowest BCUT2D eigenvalue weighted by Crippen LogP contribution is -2.21. The van der Waals surface area contributed by atoms with Crippen LogP contribution in [0.15, 0.2) is 48.8 Å². The third kappa shape index (κ3) is 4.14. The topological polar surface area (TPSA) is 24.9 Å². The first-order valence-corrected chi connectivity index (χ1v) is 6.67. The van der Waals surface area contributed by atoms with Crippen molar-refractivity contribution in [2.24, 2.45) is 0 Å². The average Bonchev–Trinajstić information content (AvgIpc) is 2.44. The Balaban J connectivity index is 2.04. The van der Waals surface area contributed by atoms with E-state index in [1.165, 1.54) is 11.8 Å². The number of rotatable bonds is 6. The fourth-order valence-electron chi connectivity index (χ4n) is 2.21. The third-order valence-electron chi connectivity index (χ3n) is 3.14. The molecule has 1 aromatic carbocycles. The maximum Gasteiger partial charge on any atom is 0.141 e. The van der Waals surface area contributed by atoms with Crippen molar-refractivity contribution >= 4 is 0 Å². The number of nitrogens with one attached hydrogen (secondary N) is 1. The number of aryl methyl sites for hydroxylation is 1. The van der Waals surface area contributed by atoms with Crippen LogP contribution in [-0.2, 0) is 6.42 Å². The van der Waals surface area contributed by atoms with Crippen molar-refractivity contribution in [3.8, 4) is 0 Å². The summed E-state index contributed by atoms with van der Waals surface area (Å²) in [5, 5.41) is 3.39. The first kappa shape index (κ1) is 13.7. The second-order valence-corrected chi connectivity index (χ2v) is 4.57. The first-order valence-electron chi connectivity index (χ1n) is 6.67. The van der Waals surface area contributed by atoms with E-state index in [1.54, 1.807) is 12.3 Å². The Kier molecular flexibility index (Phi) is 5.04. The lowest BCUT2D eigenvalue weighted by molar-refractivity contribution is 0.508. The van der Waals surface area contributed by atoms with Crippen LogP contribution in [0.25, 0.3) is 0 Å². The molecule has 0 bridgehead atoms. The maximum atomic E-state index is 13.2. The predicted molar refractivity (Wildman–Crippen MR) is 75.4 cm³/mol. The van der Waals surface area contributed by atoms with Gasteiger partial charge in [-0.25, -0.2) is 4.39 Å². The van der Waals surface area contributed by atoms with Crippen LogP contribution in [0.3, 0.4) is 0 Å². The molecular weight excluding hydrogens is 239 g/mol. The minimum absolute atomic E-state index is 0.147. The van der Waals surface area contributed by atoms with E-state index in [9.17, 15) is 4.39 Å². The quantitative estimate of drug-likeness (QED) is 0.857. The van der Waals surface area contributed by atoms with E-state index in [2.05, 4.69) is 29.4 Å². The summed E-state index contributed by atoms with van der Waals surface area (Å²) in [4.78, 5) is 3.93. The number of benzene rings is 1. The van der Waals surface area contributed by atoms with Crippen LogP contribution in [0.1, 0.15) is 30.5 Å². The summed E-state index contributed by atoms with van der Waals surface area (Å²) in [6.07, 6.45) is 4.88. The zero-order valence-corrected chi connectivity index (χ0v) is 11.1. The molecule has 0 aliphatic rings. The Morgan fingerprint density at radius 1 is 1.21 bits per heavy atom. The zero-order chi connectivity index (χ0) is 13.5. The summed E-state index contributed by atoms with van der Waals surface area (Å²) in [5.41, 5.74) is 2.22. The summed E-state index contributed by atoms with van der Waals surface area (Å²) in [6.45, 7) is 2.91. The summed E-state index contributed by atoms with van der Waals surface area (Å²) in [6, 6.07) is 12.0. The third-order valence-corrected chi connectivity index (χ3v) is 3.14. The summed E-state index contributed by atoms with van der Waals surface area (Å²) >= 11 is 0. The monoisotopic (exact) mass is 258 g/mol. The van der Waals surface area contributed by atoms with Crippen molar-refractivity contribution in [2.75, 3.05) is 6.54 Å². The Hall–Kier alpha value is -1.74. The number of aromatic nitrogens is 1. The van der Waals surface area contributed by atoms with Crippen molar-refractivity contribution in [3.05, 3.63) is 65.7 Å². The van der Waals surface area contributed by atoms with Gasteiger partial charge in [-0.1, -0.05) is 37.3 Å². The molecule has 1 N–H and O–H groups in total. The van der Waals surface area contributed by atoms with E-state index in [1.807, 2.05) is 18.2 Å². The van der Waals surface area contributed by atoms with Gasteiger partial charge in [0.1, 0.15) is 5.82 Å². The molecule has 2 nitrogen and oxygen atoms in total. The van der Waals surface area contributed by atoms with Gasteiger partial charge in [0.15, 0.2) is 0 Å². The summed E-state index contributed by atoms with van der Waals surface area (Å²) < 4.78 is 13.2. The molecule has 2 aromatic rings. The number of nitrogens with zero attached hydrogens (tertiary/aromatic N) is 1. The predicted octanol–water partition coefficient (Wildman–Crippen LogP) is 3.50. The average molecular weight is 258 g/mol. The molecule has 0 radical (unpaired) electrons. The van der Waals surface area contributed by atoms with Gasteiger partial charge in [-0.15, -0.1) is 0 Å². The second kappa shape index (κ2) is 7.00. The smallest absolute Gasteiger partial charge is 0.141 e. The molecule has 1 heterocycles. The minimum atomic E-state index is -0.278. The zero-order valence-electron chi connectivity index (χ0n) is 11.1. The standard InChI is InChI=1S/C16H19FN2/c1-2-19-16(14-10-15(17)12-18-11-14)9-8-13-6-4-3-5-7-13/h3-7,10-12,16,19H,2,8-9H2,1H3. The number of hydrogen-bond acceptors (Lipinski definition) is 2. The maximum absolute atomic E-state index is 13.2. The molecule has 0 amide bonds. The van der Waals surface area contributed by atoms with Crippen molar-refractivity contribution in [3.63, 3.8) is 0 Å². The van der Waals surface area contributed by atoms with E-state index in [0.29, 0.717) is 0 Å². The lowest BCUT2D eigenvalue weighted by atomic mass is 10.00. The molecule has 0 saturated heterocycles. The molecule has 1 unspecified atom stereocenters. The molecule has 2 rings (SSSR count). The highest BCUT2D eigenvalue weighted by Gasteiger charge is 2.11.